The fourth-order valence-electron chi connectivity index (χ4n) is 3.67. The van der Waals surface area contributed by atoms with E-state index in [9.17, 15) is 14.4 Å². The van der Waals surface area contributed by atoms with Crippen molar-refractivity contribution in [2.45, 2.75) is 51.5 Å². The molecule has 2 aliphatic rings. The highest BCUT2D eigenvalue weighted by Crippen LogP contribution is 2.33. The lowest BCUT2D eigenvalue weighted by atomic mass is 9.94. The number of Topliss-reactive ketones (excluding diaryl/α,β-unsaturated/α-hetero) is 1. The largest absolute Gasteiger partial charge is 0.482 e. The van der Waals surface area contributed by atoms with E-state index in [2.05, 4.69) is 0 Å². The van der Waals surface area contributed by atoms with E-state index in [1.54, 1.807) is 30.0 Å². The van der Waals surface area contributed by atoms with Gasteiger partial charge in [0.05, 0.1) is 5.69 Å². The van der Waals surface area contributed by atoms with Crippen molar-refractivity contribution < 1.29 is 19.1 Å². The lowest BCUT2D eigenvalue weighted by Crippen LogP contribution is -2.48. The molecule has 0 atom stereocenters. The van der Waals surface area contributed by atoms with Crippen molar-refractivity contribution in [1.82, 2.24) is 4.90 Å². The summed E-state index contributed by atoms with van der Waals surface area (Å²) in [6.45, 7) is 1.68. The van der Waals surface area contributed by atoms with Gasteiger partial charge in [-0.15, -0.1) is 0 Å². The van der Waals surface area contributed by atoms with Gasteiger partial charge in [-0.2, -0.15) is 0 Å². The second-order valence-electron chi connectivity index (χ2n) is 7.02. The van der Waals surface area contributed by atoms with Crippen LogP contribution >= 0.6 is 0 Å². The standard InChI is InChI=1S/C20H26N2O4/c1-3-17(23)14-9-10-18-16(11-14)22(20(25)13-26-18)12-19(24)21(2)15-7-5-4-6-8-15/h9-11,15H,3-8,12-13H2,1-2H3. The predicted molar refractivity (Wildman–Crippen MR) is 98.6 cm³/mol. The number of likely N-dealkylation sites (N-methyl/N-ethyl adjacent to an activating group) is 1. The minimum absolute atomic E-state index is 0.00331. The molecule has 1 heterocycles. The van der Waals surface area contributed by atoms with Crippen molar-refractivity contribution >= 4 is 23.3 Å². The molecule has 6 nitrogen and oxygen atoms in total. The molecule has 0 aromatic heterocycles. The number of nitrogens with zero attached hydrogens (tertiary/aromatic N) is 2. The Morgan fingerprint density at radius 2 is 1.96 bits per heavy atom. The van der Waals surface area contributed by atoms with E-state index < -0.39 is 0 Å². The first kappa shape index (κ1) is 18.4. The molecule has 1 fully saturated rings. The molecule has 0 spiro atoms. The second-order valence-corrected chi connectivity index (χ2v) is 7.02. The zero-order valence-corrected chi connectivity index (χ0v) is 15.5. The van der Waals surface area contributed by atoms with Crippen molar-refractivity contribution in [3.8, 4) is 5.75 Å². The number of carbonyl (C=O) groups excluding carboxylic acids is 3. The maximum Gasteiger partial charge on any atom is 0.265 e. The summed E-state index contributed by atoms with van der Waals surface area (Å²) in [7, 11) is 1.82. The highest BCUT2D eigenvalue weighted by atomic mass is 16.5. The summed E-state index contributed by atoms with van der Waals surface area (Å²) in [6, 6.07) is 5.31. The Morgan fingerprint density at radius 3 is 2.65 bits per heavy atom. The van der Waals surface area contributed by atoms with Crippen LogP contribution in [0.2, 0.25) is 0 Å². The molecule has 1 aliphatic carbocycles. The summed E-state index contributed by atoms with van der Waals surface area (Å²) < 4.78 is 5.47. The van der Waals surface area contributed by atoms with Crippen LogP contribution < -0.4 is 9.64 Å². The Hall–Kier alpha value is -2.37. The molecule has 26 heavy (non-hydrogen) atoms. The molecule has 1 saturated carbocycles. The van der Waals surface area contributed by atoms with Crippen LogP contribution in [-0.4, -0.2) is 48.7 Å². The zero-order chi connectivity index (χ0) is 18.7. The first-order valence-electron chi connectivity index (χ1n) is 9.37. The lowest BCUT2D eigenvalue weighted by molar-refractivity contribution is -0.133. The first-order valence-corrected chi connectivity index (χ1v) is 9.37. The summed E-state index contributed by atoms with van der Waals surface area (Å²) in [5.74, 6) is 0.191. The minimum atomic E-state index is -0.260. The topological polar surface area (TPSA) is 66.9 Å². The summed E-state index contributed by atoms with van der Waals surface area (Å²) >= 11 is 0. The Bertz CT molecular complexity index is 710. The van der Waals surface area contributed by atoms with Crippen molar-refractivity contribution in [2.75, 3.05) is 25.1 Å². The van der Waals surface area contributed by atoms with Crippen molar-refractivity contribution in [3.63, 3.8) is 0 Å². The molecule has 1 aromatic rings. The van der Waals surface area contributed by atoms with Crippen LogP contribution in [0.5, 0.6) is 5.75 Å². The number of benzene rings is 1. The molecule has 0 N–H and O–H groups in total. The number of ketones is 1. The fraction of sp³-hybridized carbons (Fsp3) is 0.550. The molecule has 0 unspecified atom stereocenters. The minimum Gasteiger partial charge on any atom is -0.482 e. The van der Waals surface area contributed by atoms with E-state index in [0.29, 0.717) is 23.4 Å². The summed E-state index contributed by atoms with van der Waals surface area (Å²) in [5.41, 5.74) is 1.04. The van der Waals surface area contributed by atoms with Crippen molar-refractivity contribution in [1.29, 1.82) is 0 Å². The number of rotatable bonds is 5. The molecule has 3 rings (SSSR count). The number of hydrogen-bond donors (Lipinski definition) is 0. The smallest absolute Gasteiger partial charge is 0.265 e. The van der Waals surface area contributed by atoms with E-state index in [0.717, 1.165) is 25.7 Å². The third kappa shape index (κ3) is 3.74. The monoisotopic (exact) mass is 358 g/mol. The maximum atomic E-state index is 12.8. The Labute approximate surface area is 154 Å². The van der Waals surface area contributed by atoms with Gasteiger partial charge in [-0.05, 0) is 31.0 Å². The summed E-state index contributed by atoms with van der Waals surface area (Å²) in [4.78, 5) is 40.4. The van der Waals surface area contributed by atoms with Gasteiger partial charge < -0.3 is 9.64 Å². The molecular weight excluding hydrogens is 332 g/mol. The molecule has 0 saturated heterocycles. The van der Waals surface area contributed by atoms with E-state index in [-0.39, 0.29) is 36.8 Å². The van der Waals surface area contributed by atoms with Crippen molar-refractivity contribution in [2.24, 2.45) is 0 Å². The van der Waals surface area contributed by atoms with Crippen LogP contribution in [0.1, 0.15) is 55.8 Å². The summed E-state index contributed by atoms with van der Waals surface area (Å²) in [5, 5.41) is 0. The van der Waals surface area contributed by atoms with Gasteiger partial charge in [0.15, 0.2) is 12.4 Å². The number of carbonyl (C=O) groups is 3. The van der Waals surface area contributed by atoms with E-state index >= 15 is 0 Å². The highest BCUT2D eigenvalue weighted by Gasteiger charge is 2.30. The van der Waals surface area contributed by atoms with Crippen LogP contribution in [0.3, 0.4) is 0 Å². The molecule has 1 aliphatic heterocycles. The Morgan fingerprint density at radius 1 is 1.23 bits per heavy atom. The number of ether oxygens (including phenoxy) is 1. The van der Waals surface area contributed by atoms with Gasteiger partial charge in [-0.1, -0.05) is 26.2 Å². The second kappa shape index (κ2) is 7.89. The maximum absolute atomic E-state index is 12.8. The Balaban J connectivity index is 1.80. The molecule has 0 radical (unpaired) electrons. The molecule has 1 aromatic carbocycles. The third-order valence-corrected chi connectivity index (χ3v) is 5.35. The van der Waals surface area contributed by atoms with Crippen LogP contribution in [-0.2, 0) is 9.59 Å². The quantitative estimate of drug-likeness (QED) is 0.759. The van der Waals surface area contributed by atoms with E-state index in [1.165, 1.54) is 11.3 Å². The van der Waals surface area contributed by atoms with Crippen LogP contribution in [0, 0.1) is 0 Å². The lowest BCUT2D eigenvalue weighted by Gasteiger charge is -2.34. The van der Waals surface area contributed by atoms with Gasteiger partial charge in [0.2, 0.25) is 5.91 Å². The average molecular weight is 358 g/mol. The van der Waals surface area contributed by atoms with Gasteiger partial charge in [0, 0.05) is 25.1 Å². The molecule has 6 heteroatoms. The average Bonchev–Trinajstić information content (AvgIpc) is 2.69. The molecule has 0 bridgehead atoms. The van der Waals surface area contributed by atoms with Crippen LogP contribution in [0.25, 0.3) is 0 Å². The number of hydrogen-bond acceptors (Lipinski definition) is 4. The molecular formula is C20H26N2O4. The number of fused-ring (bicyclic) bond motifs is 1. The number of anilines is 1. The van der Waals surface area contributed by atoms with Crippen LogP contribution in [0.15, 0.2) is 18.2 Å². The first-order chi connectivity index (χ1) is 12.5. The van der Waals surface area contributed by atoms with E-state index in [1.807, 2.05) is 7.05 Å². The molecule has 2 amide bonds. The van der Waals surface area contributed by atoms with Crippen LogP contribution in [0.4, 0.5) is 5.69 Å². The van der Waals surface area contributed by atoms with Gasteiger partial charge >= 0.3 is 0 Å². The summed E-state index contributed by atoms with van der Waals surface area (Å²) in [6.07, 6.45) is 5.93. The fourth-order valence-corrected chi connectivity index (χ4v) is 3.67. The van der Waals surface area contributed by atoms with Gasteiger partial charge in [0.1, 0.15) is 12.3 Å². The highest BCUT2D eigenvalue weighted by molar-refractivity contribution is 6.04. The van der Waals surface area contributed by atoms with Gasteiger partial charge in [-0.25, -0.2) is 0 Å². The van der Waals surface area contributed by atoms with Gasteiger partial charge in [0.25, 0.3) is 5.91 Å². The third-order valence-electron chi connectivity index (χ3n) is 5.35. The SMILES string of the molecule is CCC(=O)c1ccc2c(c1)N(CC(=O)N(C)C1CCCCC1)C(=O)CO2. The Kier molecular flexibility index (Phi) is 5.59. The number of amides is 2. The van der Waals surface area contributed by atoms with E-state index in [4.69, 9.17) is 4.74 Å². The normalized spacial score (nSPS) is 17.5. The zero-order valence-electron chi connectivity index (χ0n) is 15.5. The van der Waals surface area contributed by atoms with Crippen molar-refractivity contribution in [3.05, 3.63) is 23.8 Å². The predicted octanol–water partition coefficient (Wildman–Crippen LogP) is 2.80. The molecule has 140 valence electrons. The van der Waals surface area contributed by atoms with Gasteiger partial charge in [-0.3, -0.25) is 19.3 Å².